The standard InChI is InChI=1S/C19H29N5O3S/c1-21(2)28(26,27)22-12-10-16(14-22)24-18-17(9-6-11-20-18)23(19(24)25)13-15-7-4-3-5-8-15/h6,9,11,15-16H,3-5,7-8,10,12-14H2,1-2H3/t16-/m1/s1. The Labute approximate surface area is 165 Å². The van der Waals surface area contributed by atoms with Crippen LogP contribution in [-0.4, -0.2) is 58.3 Å². The smallest absolute Gasteiger partial charge is 0.290 e. The summed E-state index contributed by atoms with van der Waals surface area (Å²) in [6.45, 7) is 1.44. The average molecular weight is 408 g/mol. The van der Waals surface area contributed by atoms with Gasteiger partial charge in [0.25, 0.3) is 10.2 Å². The normalized spacial score (nSPS) is 22.5. The monoisotopic (exact) mass is 407 g/mol. The molecule has 0 radical (unpaired) electrons. The van der Waals surface area contributed by atoms with Crippen molar-refractivity contribution < 1.29 is 8.42 Å². The lowest BCUT2D eigenvalue weighted by Crippen LogP contribution is -2.39. The fourth-order valence-electron chi connectivity index (χ4n) is 4.60. The van der Waals surface area contributed by atoms with Crippen molar-refractivity contribution in [3.8, 4) is 0 Å². The van der Waals surface area contributed by atoms with E-state index in [1.165, 1.54) is 42.0 Å². The molecule has 0 aromatic carbocycles. The van der Waals surface area contributed by atoms with E-state index in [0.29, 0.717) is 31.1 Å². The van der Waals surface area contributed by atoms with Gasteiger partial charge in [0.2, 0.25) is 0 Å². The van der Waals surface area contributed by atoms with Gasteiger partial charge in [0, 0.05) is 39.9 Å². The van der Waals surface area contributed by atoms with Crippen molar-refractivity contribution in [2.45, 2.75) is 51.1 Å². The van der Waals surface area contributed by atoms with E-state index in [0.717, 1.165) is 24.9 Å². The molecule has 8 nitrogen and oxygen atoms in total. The maximum absolute atomic E-state index is 13.3. The molecule has 1 aliphatic carbocycles. The molecule has 0 unspecified atom stereocenters. The minimum Gasteiger partial charge on any atom is -0.290 e. The van der Waals surface area contributed by atoms with Crippen LogP contribution in [0, 0.1) is 5.92 Å². The number of pyridine rings is 1. The average Bonchev–Trinajstić information content (AvgIpc) is 3.27. The van der Waals surface area contributed by atoms with Gasteiger partial charge in [-0.2, -0.15) is 17.0 Å². The van der Waals surface area contributed by atoms with E-state index in [9.17, 15) is 13.2 Å². The second kappa shape index (κ2) is 7.61. The fraction of sp³-hybridized carbons (Fsp3) is 0.684. The van der Waals surface area contributed by atoms with Gasteiger partial charge in [0.15, 0.2) is 5.65 Å². The van der Waals surface area contributed by atoms with E-state index in [1.54, 1.807) is 10.8 Å². The minimum absolute atomic E-state index is 0.0617. The van der Waals surface area contributed by atoms with E-state index in [2.05, 4.69) is 4.98 Å². The Morgan fingerprint density at radius 1 is 1.18 bits per heavy atom. The largest absolute Gasteiger partial charge is 0.330 e. The summed E-state index contributed by atoms with van der Waals surface area (Å²) in [6.07, 6.45) is 8.40. The Kier molecular flexibility index (Phi) is 5.32. The second-order valence-corrected chi connectivity index (χ2v) is 10.3. The third-order valence-corrected chi connectivity index (χ3v) is 8.07. The highest BCUT2D eigenvalue weighted by Gasteiger charge is 2.35. The van der Waals surface area contributed by atoms with Gasteiger partial charge in [-0.1, -0.05) is 19.3 Å². The molecule has 4 rings (SSSR count). The molecule has 0 bridgehead atoms. The Morgan fingerprint density at radius 3 is 2.64 bits per heavy atom. The third kappa shape index (κ3) is 3.40. The lowest BCUT2D eigenvalue weighted by atomic mass is 9.89. The number of imidazole rings is 1. The lowest BCUT2D eigenvalue weighted by Gasteiger charge is -2.22. The second-order valence-electron chi connectivity index (χ2n) is 8.20. The summed E-state index contributed by atoms with van der Waals surface area (Å²) in [4.78, 5) is 17.8. The summed E-state index contributed by atoms with van der Waals surface area (Å²) >= 11 is 0. The highest BCUT2D eigenvalue weighted by atomic mass is 32.2. The van der Waals surface area contributed by atoms with Crippen LogP contribution in [0.25, 0.3) is 11.2 Å². The van der Waals surface area contributed by atoms with Crippen LogP contribution in [0.2, 0.25) is 0 Å². The molecule has 2 aromatic rings. The minimum atomic E-state index is -3.48. The van der Waals surface area contributed by atoms with Crippen molar-refractivity contribution in [2.24, 2.45) is 5.92 Å². The van der Waals surface area contributed by atoms with Crippen LogP contribution in [0.15, 0.2) is 23.1 Å². The molecular weight excluding hydrogens is 378 g/mol. The summed E-state index contributed by atoms with van der Waals surface area (Å²) in [7, 11) is -0.407. The van der Waals surface area contributed by atoms with Crippen LogP contribution in [0.3, 0.4) is 0 Å². The first-order chi connectivity index (χ1) is 13.4. The van der Waals surface area contributed by atoms with Crippen LogP contribution >= 0.6 is 0 Å². The molecule has 0 spiro atoms. The first-order valence-electron chi connectivity index (χ1n) is 10.1. The molecule has 3 heterocycles. The molecule has 1 aliphatic heterocycles. The molecule has 9 heteroatoms. The summed E-state index contributed by atoms with van der Waals surface area (Å²) in [5.74, 6) is 0.528. The molecule has 0 N–H and O–H groups in total. The van der Waals surface area contributed by atoms with E-state index in [4.69, 9.17) is 0 Å². The first-order valence-corrected chi connectivity index (χ1v) is 11.5. The highest BCUT2D eigenvalue weighted by molar-refractivity contribution is 7.86. The third-order valence-electron chi connectivity index (χ3n) is 6.17. The highest BCUT2D eigenvalue weighted by Crippen LogP contribution is 2.29. The fourth-order valence-corrected chi connectivity index (χ4v) is 5.76. The van der Waals surface area contributed by atoms with Gasteiger partial charge in [-0.05, 0) is 37.3 Å². The quantitative estimate of drug-likeness (QED) is 0.757. The molecular formula is C19H29N5O3S. The summed E-state index contributed by atoms with van der Waals surface area (Å²) in [6, 6.07) is 3.63. The Hall–Kier alpha value is -1.71. The molecule has 154 valence electrons. The summed E-state index contributed by atoms with van der Waals surface area (Å²) in [5.41, 5.74) is 1.46. The Balaban J connectivity index is 1.68. The summed E-state index contributed by atoms with van der Waals surface area (Å²) < 4.78 is 31.2. The topological polar surface area (TPSA) is 80.4 Å². The molecule has 1 atom stereocenters. The van der Waals surface area contributed by atoms with Crippen LogP contribution in [-0.2, 0) is 16.8 Å². The molecule has 28 heavy (non-hydrogen) atoms. The molecule has 2 aliphatic rings. The Bertz CT molecular complexity index is 1000. The van der Waals surface area contributed by atoms with Gasteiger partial charge in [-0.15, -0.1) is 0 Å². The molecule has 2 fully saturated rings. The maximum Gasteiger partial charge on any atom is 0.330 e. The number of rotatable bonds is 5. The number of nitrogens with zero attached hydrogens (tertiary/aromatic N) is 5. The molecule has 0 amide bonds. The number of hydrogen-bond donors (Lipinski definition) is 0. The molecule has 1 saturated carbocycles. The van der Waals surface area contributed by atoms with E-state index in [1.807, 2.05) is 16.7 Å². The molecule has 1 saturated heterocycles. The lowest BCUT2D eigenvalue weighted by molar-refractivity contribution is 0.317. The van der Waals surface area contributed by atoms with Crippen LogP contribution < -0.4 is 5.69 Å². The van der Waals surface area contributed by atoms with Crippen LogP contribution in [0.1, 0.15) is 44.6 Å². The zero-order chi connectivity index (χ0) is 19.9. The molecule has 2 aromatic heterocycles. The van der Waals surface area contributed by atoms with Crippen LogP contribution in [0.5, 0.6) is 0 Å². The zero-order valence-electron chi connectivity index (χ0n) is 16.6. The number of hydrogen-bond acceptors (Lipinski definition) is 4. The van der Waals surface area contributed by atoms with Gasteiger partial charge in [0.1, 0.15) is 0 Å². The predicted octanol–water partition coefficient (Wildman–Crippen LogP) is 1.83. The zero-order valence-corrected chi connectivity index (χ0v) is 17.4. The van der Waals surface area contributed by atoms with Gasteiger partial charge in [-0.3, -0.25) is 9.13 Å². The number of aromatic nitrogens is 3. The van der Waals surface area contributed by atoms with Gasteiger partial charge < -0.3 is 0 Å². The van der Waals surface area contributed by atoms with Crippen LogP contribution in [0.4, 0.5) is 0 Å². The van der Waals surface area contributed by atoms with Crippen molar-refractivity contribution in [3.05, 3.63) is 28.8 Å². The predicted molar refractivity (Wildman–Crippen MR) is 108 cm³/mol. The van der Waals surface area contributed by atoms with Crippen molar-refractivity contribution in [3.63, 3.8) is 0 Å². The van der Waals surface area contributed by atoms with Crippen molar-refractivity contribution in [1.82, 2.24) is 22.7 Å². The van der Waals surface area contributed by atoms with E-state index < -0.39 is 10.2 Å². The van der Waals surface area contributed by atoms with Crippen molar-refractivity contribution >= 4 is 21.4 Å². The Morgan fingerprint density at radius 2 is 1.93 bits per heavy atom. The summed E-state index contributed by atoms with van der Waals surface area (Å²) in [5, 5.41) is 0. The number of fused-ring (bicyclic) bond motifs is 1. The van der Waals surface area contributed by atoms with E-state index in [-0.39, 0.29) is 11.7 Å². The van der Waals surface area contributed by atoms with E-state index >= 15 is 0 Å². The first kappa shape index (κ1) is 19.6. The van der Waals surface area contributed by atoms with Gasteiger partial charge >= 0.3 is 5.69 Å². The van der Waals surface area contributed by atoms with Gasteiger partial charge in [-0.25, -0.2) is 9.78 Å². The van der Waals surface area contributed by atoms with Crippen molar-refractivity contribution in [1.29, 1.82) is 0 Å². The van der Waals surface area contributed by atoms with Gasteiger partial charge in [0.05, 0.1) is 11.6 Å². The maximum atomic E-state index is 13.3. The SMILES string of the molecule is CN(C)S(=O)(=O)N1CC[C@@H](n2c(=O)n(CC3CCCCC3)c3cccnc32)C1. The van der Waals surface area contributed by atoms with Crippen molar-refractivity contribution in [2.75, 3.05) is 27.2 Å².